The van der Waals surface area contributed by atoms with Gasteiger partial charge in [-0.05, 0) is 18.6 Å². The molecule has 1 aromatic rings. The van der Waals surface area contributed by atoms with Crippen LogP contribution in [0.25, 0.3) is 0 Å². The molecule has 6 heteroatoms. The van der Waals surface area contributed by atoms with Crippen LogP contribution in [0.5, 0.6) is 11.5 Å². The number of fused-ring (bicyclic) bond motifs is 1. The van der Waals surface area contributed by atoms with Crippen molar-refractivity contribution in [1.29, 1.82) is 0 Å². The molecule has 0 radical (unpaired) electrons. The first-order chi connectivity index (χ1) is 8.25. The first kappa shape index (κ1) is 13.0. The fourth-order valence-corrected chi connectivity index (χ4v) is 2.24. The Hall–Kier alpha value is -1.46. The number of likely N-dealkylation sites (tertiary alicyclic amines) is 1. The lowest BCUT2D eigenvalue weighted by Gasteiger charge is -2.16. The number of amides is 1. The van der Waals surface area contributed by atoms with E-state index >= 15 is 0 Å². The number of nitrogens with zero attached hydrogens (tertiary/aromatic N) is 1. The van der Waals surface area contributed by atoms with Crippen LogP contribution in [0.15, 0.2) is 18.2 Å². The number of rotatable bonds is 1. The number of carbonyl (C=O) groups excluding carboxylic acids is 1. The van der Waals surface area contributed by atoms with Crippen LogP contribution < -0.4 is 15.2 Å². The summed E-state index contributed by atoms with van der Waals surface area (Å²) in [6.07, 6.45) is 0.859. The molecular weight excluding hydrogens is 256 g/mol. The summed E-state index contributed by atoms with van der Waals surface area (Å²) in [6.45, 7) is 1.51. The van der Waals surface area contributed by atoms with E-state index in [0.717, 1.165) is 6.42 Å². The maximum atomic E-state index is 12.3. The quantitative estimate of drug-likeness (QED) is 0.827. The standard InChI is InChI=1S/C12H14N2O3.ClH/c13-8-4-5-14(6-8)12(15)9-2-1-3-10-11(9)17-7-16-10;/h1-3,8H,4-7,13H2;1H/t8-;/m1./s1. The van der Waals surface area contributed by atoms with Gasteiger partial charge in [-0.3, -0.25) is 4.79 Å². The molecule has 1 fully saturated rings. The van der Waals surface area contributed by atoms with E-state index in [0.29, 0.717) is 30.2 Å². The Morgan fingerprint density at radius 1 is 1.39 bits per heavy atom. The lowest BCUT2D eigenvalue weighted by molar-refractivity contribution is 0.0786. The molecule has 1 aromatic carbocycles. The van der Waals surface area contributed by atoms with E-state index in [1.807, 2.05) is 0 Å². The highest BCUT2D eigenvalue weighted by molar-refractivity contribution is 5.98. The fourth-order valence-electron chi connectivity index (χ4n) is 2.24. The minimum Gasteiger partial charge on any atom is -0.454 e. The second kappa shape index (κ2) is 5.04. The number of benzene rings is 1. The van der Waals surface area contributed by atoms with Crippen molar-refractivity contribution in [3.05, 3.63) is 23.8 Å². The summed E-state index contributed by atoms with van der Waals surface area (Å²) in [5, 5.41) is 0. The maximum absolute atomic E-state index is 12.3. The average Bonchev–Trinajstić information content (AvgIpc) is 2.95. The summed E-state index contributed by atoms with van der Waals surface area (Å²) in [5.41, 5.74) is 6.37. The SMILES string of the molecule is Cl.N[C@@H]1CCN(C(=O)c2cccc3c2OCO3)C1. The Balaban J connectivity index is 0.00000120. The molecule has 18 heavy (non-hydrogen) atoms. The highest BCUT2D eigenvalue weighted by Gasteiger charge is 2.29. The fraction of sp³-hybridized carbons (Fsp3) is 0.417. The van der Waals surface area contributed by atoms with Crippen molar-refractivity contribution in [3.63, 3.8) is 0 Å². The van der Waals surface area contributed by atoms with Crippen LogP contribution in [0.4, 0.5) is 0 Å². The Morgan fingerprint density at radius 2 is 2.22 bits per heavy atom. The van der Waals surface area contributed by atoms with Gasteiger partial charge in [-0.2, -0.15) is 0 Å². The molecule has 1 atom stereocenters. The van der Waals surface area contributed by atoms with Gasteiger partial charge in [0.05, 0.1) is 5.56 Å². The zero-order valence-electron chi connectivity index (χ0n) is 9.80. The Bertz CT molecular complexity index is 467. The van der Waals surface area contributed by atoms with Crippen molar-refractivity contribution >= 4 is 18.3 Å². The van der Waals surface area contributed by atoms with Crippen LogP contribution in [0, 0.1) is 0 Å². The molecule has 0 saturated carbocycles. The van der Waals surface area contributed by atoms with Gasteiger partial charge in [-0.25, -0.2) is 0 Å². The maximum Gasteiger partial charge on any atom is 0.257 e. The third kappa shape index (κ3) is 2.11. The van der Waals surface area contributed by atoms with E-state index in [4.69, 9.17) is 15.2 Å². The molecule has 98 valence electrons. The summed E-state index contributed by atoms with van der Waals surface area (Å²) < 4.78 is 10.6. The zero-order chi connectivity index (χ0) is 11.8. The third-order valence-electron chi connectivity index (χ3n) is 3.14. The number of hydrogen-bond donors (Lipinski definition) is 1. The van der Waals surface area contributed by atoms with Crippen molar-refractivity contribution in [1.82, 2.24) is 4.90 Å². The van der Waals surface area contributed by atoms with Gasteiger partial charge in [-0.1, -0.05) is 6.07 Å². The second-order valence-corrected chi connectivity index (χ2v) is 4.34. The van der Waals surface area contributed by atoms with Crippen LogP contribution in [0.1, 0.15) is 16.8 Å². The average molecular weight is 271 g/mol. The molecule has 0 aromatic heterocycles. The first-order valence-corrected chi connectivity index (χ1v) is 5.69. The lowest BCUT2D eigenvalue weighted by Crippen LogP contribution is -2.32. The van der Waals surface area contributed by atoms with Gasteiger partial charge in [0.1, 0.15) is 0 Å². The lowest BCUT2D eigenvalue weighted by atomic mass is 10.1. The van der Waals surface area contributed by atoms with Crippen LogP contribution in [0.3, 0.4) is 0 Å². The van der Waals surface area contributed by atoms with Gasteiger partial charge in [0.15, 0.2) is 11.5 Å². The predicted molar refractivity (Wildman–Crippen MR) is 68.3 cm³/mol. The summed E-state index contributed by atoms with van der Waals surface area (Å²) in [4.78, 5) is 14.1. The summed E-state index contributed by atoms with van der Waals surface area (Å²) in [5.74, 6) is 1.16. The van der Waals surface area contributed by atoms with Crippen molar-refractivity contribution in [2.75, 3.05) is 19.9 Å². The number of ether oxygens (including phenoxy) is 2. The van der Waals surface area contributed by atoms with Crippen molar-refractivity contribution in [2.24, 2.45) is 5.73 Å². The molecule has 0 aliphatic carbocycles. The molecular formula is C12H15ClN2O3. The van der Waals surface area contributed by atoms with Crippen molar-refractivity contribution < 1.29 is 14.3 Å². The van der Waals surface area contributed by atoms with Crippen LogP contribution >= 0.6 is 12.4 Å². The van der Waals surface area contributed by atoms with Crippen LogP contribution in [-0.2, 0) is 0 Å². The van der Waals surface area contributed by atoms with E-state index in [1.165, 1.54) is 0 Å². The first-order valence-electron chi connectivity index (χ1n) is 5.69. The van der Waals surface area contributed by atoms with Gasteiger partial charge in [0, 0.05) is 19.1 Å². The minimum atomic E-state index is -0.0275. The smallest absolute Gasteiger partial charge is 0.257 e. The van der Waals surface area contributed by atoms with E-state index in [2.05, 4.69) is 0 Å². The Labute approximate surface area is 111 Å². The molecule has 1 amide bonds. The molecule has 2 aliphatic heterocycles. The molecule has 2 aliphatic rings. The van der Waals surface area contributed by atoms with Gasteiger partial charge in [0.2, 0.25) is 6.79 Å². The van der Waals surface area contributed by atoms with E-state index in [1.54, 1.807) is 23.1 Å². The van der Waals surface area contributed by atoms with Gasteiger partial charge < -0.3 is 20.1 Å². The summed E-state index contributed by atoms with van der Waals surface area (Å²) in [7, 11) is 0. The highest BCUT2D eigenvalue weighted by atomic mass is 35.5. The second-order valence-electron chi connectivity index (χ2n) is 4.34. The Kier molecular flexibility index (Phi) is 3.63. The minimum absolute atomic E-state index is 0. The summed E-state index contributed by atoms with van der Waals surface area (Å²) in [6, 6.07) is 5.46. The van der Waals surface area contributed by atoms with Crippen LogP contribution in [-0.4, -0.2) is 36.7 Å². The molecule has 1 saturated heterocycles. The Morgan fingerprint density at radius 3 is 2.94 bits per heavy atom. The van der Waals surface area contributed by atoms with E-state index in [-0.39, 0.29) is 31.1 Å². The largest absolute Gasteiger partial charge is 0.454 e. The predicted octanol–water partition coefficient (Wildman–Crippen LogP) is 1.01. The molecule has 0 spiro atoms. The molecule has 2 N–H and O–H groups in total. The van der Waals surface area contributed by atoms with Gasteiger partial charge >= 0.3 is 0 Å². The number of hydrogen-bond acceptors (Lipinski definition) is 4. The number of para-hydroxylation sites is 1. The molecule has 0 unspecified atom stereocenters. The van der Waals surface area contributed by atoms with Crippen LogP contribution in [0.2, 0.25) is 0 Å². The molecule has 2 heterocycles. The normalized spacial score (nSPS) is 20.7. The van der Waals surface area contributed by atoms with E-state index in [9.17, 15) is 4.79 Å². The highest BCUT2D eigenvalue weighted by Crippen LogP contribution is 2.36. The molecule has 5 nitrogen and oxygen atoms in total. The van der Waals surface area contributed by atoms with Gasteiger partial charge in [0.25, 0.3) is 5.91 Å². The monoisotopic (exact) mass is 270 g/mol. The van der Waals surface area contributed by atoms with Crippen molar-refractivity contribution in [2.45, 2.75) is 12.5 Å². The van der Waals surface area contributed by atoms with Crippen molar-refractivity contribution in [3.8, 4) is 11.5 Å². The van der Waals surface area contributed by atoms with Gasteiger partial charge in [-0.15, -0.1) is 12.4 Å². The number of halogens is 1. The summed E-state index contributed by atoms with van der Waals surface area (Å²) >= 11 is 0. The zero-order valence-corrected chi connectivity index (χ0v) is 10.6. The number of carbonyl (C=O) groups is 1. The third-order valence-corrected chi connectivity index (χ3v) is 3.14. The number of nitrogens with two attached hydrogens (primary N) is 1. The molecule has 3 rings (SSSR count). The molecule has 0 bridgehead atoms. The topological polar surface area (TPSA) is 64.8 Å². The van der Waals surface area contributed by atoms with E-state index < -0.39 is 0 Å².